The Kier molecular flexibility index (Phi) is 4.98. The number of anilines is 1. The van der Waals surface area contributed by atoms with Crippen LogP contribution in [0.5, 0.6) is 5.75 Å². The Labute approximate surface area is 159 Å². The number of piperazine rings is 1. The lowest BCUT2D eigenvalue weighted by Crippen LogP contribution is -2.44. The third kappa shape index (κ3) is 3.90. The van der Waals surface area contributed by atoms with E-state index >= 15 is 0 Å². The SMILES string of the molecule is COc1ccc(-c2cncc(-c3ccc(N4CCN(C)CC4)nc3)n2)cc1. The van der Waals surface area contributed by atoms with Crippen molar-refractivity contribution in [3.63, 3.8) is 0 Å². The van der Waals surface area contributed by atoms with Crippen LogP contribution in [0.2, 0.25) is 0 Å². The fraction of sp³-hybridized carbons (Fsp3) is 0.286. The standard InChI is InChI=1S/C21H23N5O/c1-25-9-11-26(12-10-25)21-8-5-17(13-23-21)20-15-22-14-19(24-20)16-3-6-18(27-2)7-4-16/h3-8,13-15H,9-12H2,1-2H3. The molecule has 138 valence electrons. The van der Waals surface area contributed by atoms with E-state index in [0.29, 0.717) is 0 Å². The summed E-state index contributed by atoms with van der Waals surface area (Å²) in [4.78, 5) is 18.4. The van der Waals surface area contributed by atoms with Gasteiger partial charge in [-0.1, -0.05) is 0 Å². The molecule has 0 bridgehead atoms. The summed E-state index contributed by atoms with van der Waals surface area (Å²) >= 11 is 0. The van der Waals surface area contributed by atoms with Gasteiger partial charge in [0.2, 0.25) is 0 Å². The molecule has 0 amide bonds. The highest BCUT2D eigenvalue weighted by molar-refractivity contribution is 5.65. The van der Waals surface area contributed by atoms with Gasteiger partial charge in [0.15, 0.2) is 0 Å². The quantitative estimate of drug-likeness (QED) is 0.712. The zero-order chi connectivity index (χ0) is 18.6. The zero-order valence-corrected chi connectivity index (χ0v) is 15.7. The molecule has 0 aliphatic carbocycles. The van der Waals surface area contributed by atoms with E-state index in [1.54, 1.807) is 19.5 Å². The monoisotopic (exact) mass is 361 g/mol. The first-order valence-corrected chi connectivity index (χ1v) is 9.09. The van der Waals surface area contributed by atoms with Crippen LogP contribution in [0, 0.1) is 0 Å². The molecule has 1 saturated heterocycles. The summed E-state index contributed by atoms with van der Waals surface area (Å²) in [5.74, 6) is 1.85. The topological polar surface area (TPSA) is 54.4 Å². The third-order valence-electron chi connectivity index (χ3n) is 4.89. The van der Waals surface area contributed by atoms with Crippen LogP contribution in [-0.2, 0) is 0 Å². The molecule has 4 rings (SSSR count). The maximum absolute atomic E-state index is 5.21. The molecule has 1 fully saturated rings. The van der Waals surface area contributed by atoms with E-state index in [4.69, 9.17) is 9.72 Å². The molecular weight excluding hydrogens is 338 g/mol. The maximum Gasteiger partial charge on any atom is 0.128 e. The van der Waals surface area contributed by atoms with Crippen LogP contribution in [0.4, 0.5) is 5.82 Å². The number of nitrogens with zero attached hydrogens (tertiary/aromatic N) is 5. The summed E-state index contributed by atoms with van der Waals surface area (Å²) in [6.45, 7) is 4.16. The van der Waals surface area contributed by atoms with Crippen LogP contribution >= 0.6 is 0 Å². The van der Waals surface area contributed by atoms with Gasteiger partial charge in [0.1, 0.15) is 11.6 Å². The summed E-state index contributed by atoms with van der Waals surface area (Å²) in [5.41, 5.74) is 3.63. The molecule has 27 heavy (non-hydrogen) atoms. The molecule has 0 radical (unpaired) electrons. The molecule has 1 aliphatic rings. The van der Waals surface area contributed by atoms with Gasteiger partial charge in [0.05, 0.1) is 30.9 Å². The highest BCUT2D eigenvalue weighted by Gasteiger charge is 2.15. The van der Waals surface area contributed by atoms with Gasteiger partial charge >= 0.3 is 0 Å². The molecule has 0 atom stereocenters. The van der Waals surface area contributed by atoms with Crippen molar-refractivity contribution in [2.45, 2.75) is 0 Å². The Morgan fingerprint density at radius 2 is 1.48 bits per heavy atom. The number of pyridine rings is 1. The highest BCUT2D eigenvalue weighted by Crippen LogP contribution is 2.24. The van der Waals surface area contributed by atoms with Crippen LogP contribution in [0.1, 0.15) is 0 Å². The molecule has 1 aliphatic heterocycles. The average molecular weight is 361 g/mol. The van der Waals surface area contributed by atoms with Crippen LogP contribution in [0.25, 0.3) is 22.5 Å². The lowest BCUT2D eigenvalue weighted by atomic mass is 10.1. The molecule has 0 unspecified atom stereocenters. The fourth-order valence-corrected chi connectivity index (χ4v) is 3.17. The average Bonchev–Trinajstić information content (AvgIpc) is 2.75. The highest BCUT2D eigenvalue weighted by atomic mass is 16.5. The second-order valence-corrected chi connectivity index (χ2v) is 6.71. The van der Waals surface area contributed by atoms with Crippen molar-refractivity contribution in [3.05, 3.63) is 55.0 Å². The van der Waals surface area contributed by atoms with Gasteiger partial charge in [-0.3, -0.25) is 4.98 Å². The van der Waals surface area contributed by atoms with Crippen molar-refractivity contribution in [1.29, 1.82) is 0 Å². The third-order valence-corrected chi connectivity index (χ3v) is 4.89. The summed E-state index contributed by atoms with van der Waals surface area (Å²) in [6.07, 6.45) is 5.44. The second-order valence-electron chi connectivity index (χ2n) is 6.71. The van der Waals surface area contributed by atoms with E-state index < -0.39 is 0 Å². The first-order valence-electron chi connectivity index (χ1n) is 9.09. The Hall–Kier alpha value is -2.99. The minimum atomic E-state index is 0.820. The Bertz CT molecular complexity index is 887. The molecule has 2 aromatic heterocycles. The van der Waals surface area contributed by atoms with E-state index in [-0.39, 0.29) is 0 Å². The number of rotatable bonds is 4. The van der Waals surface area contributed by atoms with E-state index in [9.17, 15) is 0 Å². The molecular formula is C21H23N5O. The lowest BCUT2D eigenvalue weighted by Gasteiger charge is -2.33. The van der Waals surface area contributed by atoms with Crippen molar-refractivity contribution in [1.82, 2.24) is 19.9 Å². The van der Waals surface area contributed by atoms with Gasteiger partial charge < -0.3 is 14.5 Å². The largest absolute Gasteiger partial charge is 0.497 e. The number of ether oxygens (including phenoxy) is 1. The van der Waals surface area contributed by atoms with Gasteiger partial charge in [-0.05, 0) is 43.4 Å². The zero-order valence-electron chi connectivity index (χ0n) is 15.7. The molecule has 0 spiro atoms. The van der Waals surface area contributed by atoms with Gasteiger partial charge in [0, 0.05) is 43.5 Å². The predicted molar refractivity (Wildman–Crippen MR) is 107 cm³/mol. The van der Waals surface area contributed by atoms with Gasteiger partial charge in [-0.25, -0.2) is 9.97 Å². The van der Waals surface area contributed by atoms with Crippen molar-refractivity contribution in [2.24, 2.45) is 0 Å². The molecule has 3 aromatic rings. The Morgan fingerprint density at radius 1 is 0.815 bits per heavy atom. The van der Waals surface area contributed by atoms with Crippen molar-refractivity contribution >= 4 is 5.82 Å². The van der Waals surface area contributed by atoms with Gasteiger partial charge in [-0.15, -0.1) is 0 Å². The number of benzene rings is 1. The van der Waals surface area contributed by atoms with Crippen molar-refractivity contribution in [3.8, 4) is 28.3 Å². The molecule has 1 aromatic carbocycles. The van der Waals surface area contributed by atoms with E-state index in [1.807, 2.05) is 30.5 Å². The van der Waals surface area contributed by atoms with E-state index in [2.05, 4.69) is 38.9 Å². The molecule has 0 saturated carbocycles. The summed E-state index contributed by atoms with van der Waals surface area (Å²) < 4.78 is 5.21. The number of hydrogen-bond donors (Lipinski definition) is 0. The minimum Gasteiger partial charge on any atom is -0.497 e. The normalized spacial score (nSPS) is 15.0. The Morgan fingerprint density at radius 3 is 2.11 bits per heavy atom. The number of hydrogen-bond acceptors (Lipinski definition) is 6. The summed E-state index contributed by atoms with van der Waals surface area (Å²) in [6, 6.07) is 12.0. The number of methoxy groups -OCH3 is 1. The summed E-state index contributed by atoms with van der Waals surface area (Å²) in [5, 5.41) is 0. The summed E-state index contributed by atoms with van der Waals surface area (Å²) in [7, 11) is 3.82. The lowest BCUT2D eigenvalue weighted by molar-refractivity contribution is 0.312. The molecule has 6 nitrogen and oxygen atoms in total. The van der Waals surface area contributed by atoms with Crippen LogP contribution in [0.3, 0.4) is 0 Å². The fourth-order valence-electron chi connectivity index (χ4n) is 3.17. The number of aromatic nitrogens is 3. The van der Waals surface area contributed by atoms with E-state index in [1.165, 1.54) is 0 Å². The smallest absolute Gasteiger partial charge is 0.128 e. The second kappa shape index (κ2) is 7.72. The molecule has 3 heterocycles. The van der Waals surface area contributed by atoms with Crippen LogP contribution in [0.15, 0.2) is 55.0 Å². The molecule has 6 heteroatoms. The van der Waals surface area contributed by atoms with Gasteiger partial charge in [-0.2, -0.15) is 0 Å². The predicted octanol–water partition coefficient (Wildman–Crippen LogP) is 2.97. The van der Waals surface area contributed by atoms with Crippen LogP contribution < -0.4 is 9.64 Å². The van der Waals surface area contributed by atoms with Gasteiger partial charge in [0.25, 0.3) is 0 Å². The van der Waals surface area contributed by atoms with Crippen LogP contribution in [-0.4, -0.2) is 60.2 Å². The first kappa shape index (κ1) is 17.4. The first-order chi connectivity index (χ1) is 13.2. The Balaban J connectivity index is 1.54. The van der Waals surface area contributed by atoms with E-state index in [0.717, 1.165) is 60.3 Å². The van der Waals surface area contributed by atoms with Crippen molar-refractivity contribution in [2.75, 3.05) is 45.2 Å². The van der Waals surface area contributed by atoms with Crippen molar-refractivity contribution < 1.29 is 4.74 Å². The maximum atomic E-state index is 5.21. The molecule has 0 N–H and O–H groups in total. The number of likely N-dealkylation sites (N-methyl/N-ethyl adjacent to an activating group) is 1. The minimum absolute atomic E-state index is 0.820.